The van der Waals surface area contributed by atoms with Gasteiger partial charge in [0.05, 0.1) is 0 Å². The number of benzene rings is 1. The lowest BCUT2D eigenvalue weighted by Crippen LogP contribution is -2.39. The van der Waals surface area contributed by atoms with E-state index in [-0.39, 0.29) is 0 Å². The van der Waals surface area contributed by atoms with Crippen molar-refractivity contribution in [1.82, 2.24) is 10.6 Å². The van der Waals surface area contributed by atoms with Crippen LogP contribution in [0.5, 0.6) is 0 Å². The molecule has 3 rings (SSSR count). The molecule has 23 heavy (non-hydrogen) atoms. The average Bonchev–Trinajstić information content (AvgIpc) is 3.46. The Bertz CT molecular complexity index is 528. The largest absolute Gasteiger partial charge is 0.381 e. The molecular weight excluding hydrogens is 354 g/mol. The van der Waals surface area contributed by atoms with Crippen LogP contribution in [0.25, 0.3) is 0 Å². The summed E-state index contributed by atoms with van der Waals surface area (Å²) < 4.78 is 6.78. The van der Waals surface area contributed by atoms with Gasteiger partial charge >= 0.3 is 0 Å². The zero-order valence-electron chi connectivity index (χ0n) is 13.7. The smallest absolute Gasteiger partial charge is 0.191 e. The molecule has 1 aromatic carbocycles. The lowest BCUT2D eigenvalue weighted by molar-refractivity contribution is 0.123. The molecule has 126 valence electrons. The van der Waals surface area contributed by atoms with Crippen molar-refractivity contribution in [2.75, 3.05) is 26.8 Å². The van der Waals surface area contributed by atoms with Crippen LogP contribution in [0.2, 0.25) is 0 Å². The third kappa shape index (κ3) is 5.50. The highest BCUT2D eigenvalue weighted by Crippen LogP contribution is 2.40. The molecule has 2 N–H and O–H groups in total. The van der Waals surface area contributed by atoms with Crippen molar-refractivity contribution in [3.63, 3.8) is 0 Å². The minimum atomic E-state index is 0.494. The van der Waals surface area contributed by atoms with Gasteiger partial charge in [0.25, 0.3) is 0 Å². The number of halogens is 1. The van der Waals surface area contributed by atoms with E-state index in [1.807, 2.05) is 7.05 Å². The number of ether oxygens (including phenoxy) is 1. The lowest BCUT2D eigenvalue weighted by atomic mass is 10.1. The van der Waals surface area contributed by atoms with E-state index in [0.717, 1.165) is 42.5 Å². The van der Waals surface area contributed by atoms with Crippen molar-refractivity contribution in [3.05, 3.63) is 34.3 Å². The van der Waals surface area contributed by atoms with Gasteiger partial charge in [0.1, 0.15) is 0 Å². The predicted molar refractivity (Wildman–Crippen MR) is 97.9 cm³/mol. The topological polar surface area (TPSA) is 45.7 Å². The van der Waals surface area contributed by atoms with Crippen molar-refractivity contribution in [1.29, 1.82) is 0 Å². The second-order valence-corrected chi connectivity index (χ2v) is 7.43. The molecule has 2 aliphatic carbocycles. The fraction of sp³-hybridized carbons (Fsp3) is 0.611. The Balaban J connectivity index is 1.31. The van der Waals surface area contributed by atoms with Crippen LogP contribution in [0.3, 0.4) is 0 Å². The van der Waals surface area contributed by atoms with Crippen LogP contribution in [-0.2, 0) is 4.74 Å². The van der Waals surface area contributed by atoms with Crippen molar-refractivity contribution >= 4 is 21.9 Å². The van der Waals surface area contributed by atoms with Crippen molar-refractivity contribution in [2.24, 2.45) is 10.9 Å². The SMILES string of the molecule is CN=C(NCCCOCC1CC1)NC1CC1c1ccc(Br)cc1. The highest BCUT2D eigenvalue weighted by atomic mass is 79.9. The quantitative estimate of drug-likeness (QED) is 0.413. The number of nitrogens with one attached hydrogen (secondary N) is 2. The molecule has 0 saturated heterocycles. The van der Waals surface area contributed by atoms with Crippen molar-refractivity contribution in [3.8, 4) is 0 Å². The van der Waals surface area contributed by atoms with Gasteiger partial charge < -0.3 is 15.4 Å². The summed E-state index contributed by atoms with van der Waals surface area (Å²) in [6, 6.07) is 9.11. The number of nitrogens with zero attached hydrogens (tertiary/aromatic N) is 1. The van der Waals surface area contributed by atoms with Gasteiger partial charge in [-0.05, 0) is 49.3 Å². The summed E-state index contributed by atoms with van der Waals surface area (Å²) in [5.41, 5.74) is 1.40. The molecule has 5 heteroatoms. The molecule has 2 aliphatic rings. The molecule has 0 radical (unpaired) electrons. The van der Waals surface area contributed by atoms with Gasteiger partial charge in [-0.1, -0.05) is 28.1 Å². The number of guanidine groups is 1. The van der Waals surface area contributed by atoms with E-state index in [1.54, 1.807) is 0 Å². The van der Waals surface area contributed by atoms with Crippen molar-refractivity contribution in [2.45, 2.75) is 37.6 Å². The lowest BCUT2D eigenvalue weighted by Gasteiger charge is -2.12. The van der Waals surface area contributed by atoms with Crippen LogP contribution in [0, 0.1) is 5.92 Å². The summed E-state index contributed by atoms with van der Waals surface area (Å²) >= 11 is 3.48. The molecular formula is C18H26BrN3O. The van der Waals surface area contributed by atoms with E-state index in [4.69, 9.17) is 4.74 Å². The summed E-state index contributed by atoms with van der Waals surface area (Å²) in [6.07, 6.45) is 4.91. The summed E-state index contributed by atoms with van der Waals surface area (Å²) in [5, 5.41) is 6.89. The number of hydrogen-bond donors (Lipinski definition) is 2. The Morgan fingerprint density at radius 3 is 2.78 bits per heavy atom. The molecule has 0 bridgehead atoms. The Labute approximate surface area is 147 Å². The normalized spacial score (nSPS) is 23.7. The van der Waals surface area contributed by atoms with E-state index in [2.05, 4.69) is 55.8 Å². The Hall–Kier alpha value is -1.07. The van der Waals surface area contributed by atoms with E-state index in [1.165, 1.54) is 24.8 Å². The fourth-order valence-electron chi connectivity index (χ4n) is 2.72. The third-order valence-electron chi connectivity index (χ3n) is 4.44. The maximum atomic E-state index is 5.65. The van der Waals surface area contributed by atoms with Gasteiger partial charge in [-0.2, -0.15) is 0 Å². The minimum Gasteiger partial charge on any atom is -0.381 e. The van der Waals surface area contributed by atoms with E-state index in [9.17, 15) is 0 Å². The molecule has 0 amide bonds. The minimum absolute atomic E-state index is 0.494. The van der Waals surface area contributed by atoms with Gasteiger partial charge in [-0.25, -0.2) is 0 Å². The first-order valence-corrected chi connectivity index (χ1v) is 9.36. The summed E-state index contributed by atoms with van der Waals surface area (Å²) in [7, 11) is 1.83. The predicted octanol–water partition coefficient (Wildman–Crippen LogP) is 3.29. The van der Waals surface area contributed by atoms with Crippen LogP contribution >= 0.6 is 15.9 Å². The molecule has 0 spiro atoms. The number of aliphatic imine (C=N–C) groups is 1. The second kappa shape index (κ2) is 8.15. The molecule has 0 aromatic heterocycles. The molecule has 2 saturated carbocycles. The van der Waals surface area contributed by atoms with Crippen LogP contribution in [0.4, 0.5) is 0 Å². The highest BCUT2D eigenvalue weighted by Gasteiger charge is 2.38. The molecule has 2 unspecified atom stereocenters. The molecule has 4 nitrogen and oxygen atoms in total. The first kappa shape index (κ1) is 16.8. The molecule has 2 fully saturated rings. The monoisotopic (exact) mass is 379 g/mol. The van der Waals surface area contributed by atoms with Gasteiger partial charge in [0.15, 0.2) is 5.96 Å². The van der Waals surface area contributed by atoms with E-state index >= 15 is 0 Å². The van der Waals surface area contributed by atoms with Crippen LogP contribution in [0.1, 0.15) is 37.2 Å². The van der Waals surface area contributed by atoms with Gasteiger partial charge in [0.2, 0.25) is 0 Å². The Morgan fingerprint density at radius 2 is 2.09 bits per heavy atom. The van der Waals surface area contributed by atoms with Crippen molar-refractivity contribution < 1.29 is 4.74 Å². The number of hydrogen-bond acceptors (Lipinski definition) is 2. The fourth-order valence-corrected chi connectivity index (χ4v) is 2.98. The summed E-state index contributed by atoms with van der Waals surface area (Å²) in [6.45, 7) is 2.69. The van der Waals surface area contributed by atoms with Crippen LogP contribution in [0.15, 0.2) is 33.7 Å². The number of rotatable bonds is 8. The maximum absolute atomic E-state index is 5.65. The van der Waals surface area contributed by atoms with Gasteiger partial charge in [0, 0.05) is 43.2 Å². The molecule has 0 heterocycles. The summed E-state index contributed by atoms with van der Waals surface area (Å²) in [5.74, 6) is 2.35. The van der Waals surface area contributed by atoms with Gasteiger partial charge in [-0.15, -0.1) is 0 Å². The second-order valence-electron chi connectivity index (χ2n) is 6.52. The first-order valence-electron chi connectivity index (χ1n) is 8.56. The Morgan fingerprint density at radius 1 is 1.30 bits per heavy atom. The van der Waals surface area contributed by atoms with E-state index in [0.29, 0.717) is 12.0 Å². The zero-order chi connectivity index (χ0) is 16.1. The van der Waals surface area contributed by atoms with Crippen LogP contribution in [-0.4, -0.2) is 38.8 Å². The standard InChI is InChI=1S/C18H26BrN3O/c1-20-18(21-9-2-10-23-12-13-3-4-13)22-17-11-16(17)14-5-7-15(19)8-6-14/h5-8,13,16-17H,2-4,9-12H2,1H3,(H2,20,21,22). The third-order valence-corrected chi connectivity index (χ3v) is 4.97. The summed E-state index contributed by atoms with van der Waals surface area (Å²) in [4.78, 5) is 4.31. The average molecular weight is 380 g/mol. The van der Waals surface area contributed by atoms with E-state index < -0.39 is 0 Å². The molecule has 0 aliphatic heterocycles. The first-order chi connectivity index (χ1) is 11.3. The highest BCUT2D eigenvalue weighted by molar-refractivity contribution is 9.10. The van der Waals surface area contributed by atoms with Gasteiger partial charge in [-0.3, -0.25) is 4.99 Å². The molecule has 1 aromatic rings. The molecule has 2 atom stereocenters. The zero-order valence-corrected chi connectivity index (χ0v) is 15.3. The van der Waals surface area contributed by atoms with Crippen LogP contribution < -0.4 is 10.6 Å². The maximum Gasteiger partial charge on any atom is 0.191 e. The Kier molecular flexibility index (Phi) is 5.95.